The van der Waals surface area contributed by atoms with Crippen LogP contribution in [0.4, 0.5) is 10.1 Å². The third-order valence-corrected chi connectivity index (χ3v) is 6.36. The van der Waals surface area contributed by atoms with E-state index in [1.807, 2.05) is 41.3 Å². The minimum Gasteiger partial charge on any atom is -0.368 e. The van der Waals surface area contributed by atoms with Crippen molar-refractivity contribution in [2.24, 2.45) is 0 Å². The van der Waals surface area contributed by atoms with E-state index in [1.54, 1.807) is 18.3 Å². The van der Waals surface area contributed by atoms with Crippen LogP contribution in [-0.4, -0.2) is 47.0 Å². The van der Waals surface area contributed by atoms with E-state index in [2.05, 4.69) is 27.0 Å². The minimum atomic E-state index is -0.261. The van der Waals surface area contributed by atoms with E-state index in [0.717, 1.165) is 54.0 Å². The molecule has 0 aliphatic carbocycles. The van der Waals surface area contributed by atoms with Crippen LogP contribution in [0.2, 0.25) is 0 Å². The van der Waals surface area contributed by atoms with Gasteiger partial charge >= 0.3 is 0 Å². The number of hydrogen-bond acceptors (Lipinski definition) is 3. The Labute approximate surface area is 192 Å². The lowest BCUT2D eigenvalue weighted by molar-refractivity contribution is -0.131. The maximum atomic E-state index is 14.0. The number of carbonyl (C=O) groups excluding carboxylic acids is 1. The Balaban J connectivity index is 1.24. The van der Waals surface area contributed by atoms with Crippen molar-refractivity contribution in [3.05, 3.63) is 84.3 Å². The number of aromatic amines is 1. The second kappa shape index (κ2) is 9.45. The number of nitrogens with zero attached hydrogens (tertiary/aromatic N) is 3. The monoisotopic (exact) mass is 442 g/mol. The normalized spacial score (nSPS) is 14.1. The van der Waals surface area contributed by atoms with E-state index in [9.17, 15) is 9.18 Å². The fraction of sp³-hybridized carbons (Fsp3) is 0.259. The standard InChI is InChI=1S/C27H27FN4O/c28-20-12-13-24-23(19-20)22(27(30-24)25-10-4-5-14-29-25)9-6-11-26(33)32-17-15-31(16-18-32)21-7-2-1-3-8-21/h1-5,7-8,10,12-14,19,30H,6,9,11,15-18H2. The number of amides is 1. The molecular weight excluding hydrogens is 415 g/mol. The van der Waals surface area contributed by atoms with Crippen LogP contribution >= 0.6 is 0 Å². The highest BCUT2D eigenvalue weighted by atomic mass is 19.1. The van der Waals surface area contributed by atoms with Crippen molar-refractivity contribution in [1.82, 2.24) is 14.9 Å². The highest BCUT2D eigenvalue weighted by Crippen LogP contribution is 2.31. The van der Waals surface area contributed by atoms with Gasteiger partial charge in [-0.1, -0.05) is 24.3 Å². The molecule has 0 saturated carbocycles. The first-order valence-corrected chi connectivity index (χ1v) is 11.5. The highest BCUT2D eigenvalue weighted by Gasteiger charge is 2.21. The largest absolute Gasteiger partial charge is 0.368 e. The van der Waals surface area contributed by atoms with Crippen LogP contribution in [0.5, 0.6) is 0 Å². The SMILES string of the molecule is O=C(CCCc1c(-c2ccccn2)[nH]c2ccc(F)cc12)N1CCN(c2ccccc2)CC1. The number of hydrogen-bond donors (Lipinski definition) is 1. The van der Waals surface area contributed by atoms with Gasteiger partial charge in [0.2, 0.25) is 5.91 Å². The number of para-hydroxylation sites is 1. The summed E-state index contributed by atoms with van der Waals surface area (Å²) < 4.78 is 14.0. The lowest BCUT2D eigenvalue weighted by Crippen LogP contribution is -2.48. The molecule has 1 aliphatic heterocycles. The molecule has 168 valence electrons. The zero-order valence-corrected chi connectivity index (χ0v) is 18.5. The van der Waals surface area contributed by atoms with Gasteiger partial charge < -0.3 is 14.8 Å². The summed E-state index contributed by atoms with van der Waals surface area (Å²) in [6.07, 6.45) is 3.63. The molecule has 0 atom stereocenters. The Hall–Kier alpha value is -3.67. The molecule has 5 rings (SSSR count). The Bertz CT molecular complexity index is 1230. The molecule has 1 saturated heterocycles. The number of anilines is 1. The second-order valence-electron chi connectivity index (χ2n) is 8.44. The summed E-state index contributed by atoms with van der Waals surface area (Å²) in [5.74, 6) is -0.0733. The minimum absolute atomic E-state index is 0.188. The Morgan fingerprint density at radius 1 is 0.970 bits per heavy atom. The van der Waals surface area contributed by atoms with Gasteiger partial charge in [-0.3, -0.25) is 9.78 Å². The van der Waals surface area contributed by atoms with Crippen LogP contribution in [-0.2, 0) is 11.2 Å². The first kappa shape index (κ1) is 21.2. The summed E-state index contributed by atoms with van der Waals surface area (Å²) in [7, 11) is 0. The number of carbonyl (C=O) groups is 1. The van der Waals surface area contributed by atoms with E-state index in [-0.39, 0.29) is 11.7 Å². The first-order valence-electron chi connectivity index (χ1n) is 11.5. The number of rotatable bonds is 6. The molecule has 0 radical (unpaired) electrons. The number of H-pyrrole nitrogens is 1. The topological polar surface area (TPSA) is 52.2 Å². The van der Waals surface area contributed by atoms with Crippen LogP contribution in [0.1, 0.15) is 18.4 Å². The molecule has 2 aromatic heterocycles. The highest BCUT2D eigenvalue weighted by molar-refractivity contribution is 5.90. The predicted octanol–water partition coefficient (Wildman–Crippen LogP) is 5.04. The molecule has 1 aliphatic rings. The summed E-state index contributed by atoms with van der Waals surface area (Å²) in [6.45, 7) is 3.18. The number of piperazine rings is 1. The van der Waals surface area contributed by atoms with Gasteiger partial charge in [0, 0.05) is 55.4 Å². The molecule has 2 aromatic carbocycles. The zero-order valence-electron chi connectivity index (χ0n) is 18.5. The fourth-order valence-corrected chi connectivity index (χ4v) is 4.64. The molecule has 1 N–H and O–H groups in total. The second-order valence-corrected chi connectivity index (χ2v) is 8.44. The van der Waals surface area contributed by atoms with E-state index >= 15 is 0 Å². The number of pyridine rings is 1. The maximum absolute atomic E-state index is 14.0. The fourth-order valence-electron chi connectivity index (χ4n) is 4.64. The van der Waals surface area contributed by atoms with Gasteiger partial charge in [-0.25, -0.2) is 4.39 Å². The molecule has 0 bridgehead atoms. The van der Waals surface area contributed by atoms with E-state index in [0.29, 0.717) is 19.3 Å². The number of aromatic nitrogens is 2. The number of nitrogens with one attached hydrogen (secondary N) is 1. The van der Waals surface area contributed by atoms with Gasteiger partial charge in [-0.05, 0) is 60.9 Å². The van der Waals surface area contributed by atoms with Crippen molar-refractivity contribution in [3.8, 4) is 11.4 Å². The van der Waals surface area contributed by atoms with Gasteiger partial charge in [0.25, 0.3) is 0 Å². The van der Waals surface area contributed by atoms with Gasteiger partial charge in [-0.2, -0.15) is 0 Å². The number of aryl methyl sites for hydroxylation is 1. The van der Waals surface area contributed by atoms with Gasteiger partial charge in [0.05, 0.1) is 11.4 Å². The summed E-state index contributed by atoms with van der Waals surface area (Å²) in [4.78, 5) is 25.0. The first-order chi connectivity index (χ1) is 16.2. The third-order valence-electron chi connectivity index (χ3n) is 6.36. The number of halogens is 1. The molecule has 0 spiro atoms. The number of fused-ring (bicyclic) bond motifs is 1. The maximum Gasteiger partial charge on any atom is 0.222 e. The van der Waals surface area contributed by atoms with Crippen molar-refractivity contribution >= 4 is 22.5 Å². The number of benzene rings is 2. The molecular formula is C27H27FN4O. The summed E-state index contributed by atoms with van der Waals surface area (Å²) >= 11 is 0. The summed E-state index contributed by atoms with van der Waals surface area (Å²) in [5.41, 5.74) is 4.84. The van der Waals surface area contributed by atoms with E-state index in [4.69, 9.17) is 0 Å². The zero-order chi connectivity index (χ0) is 22.6. The lowest BCUT2D eigenvalue weighted by Gasteiger charge is -2.36. The molecule has 33 heavy (non-hydrogen) atoms. The predicted molar refractivity (Wildman–Crippen MR) is 130 cm³/mol. The Morgan fingerprint density at radius 3 is 2.52 bits per heavy atom. The molecule has 1 amide bonds. The van der Waals surface area contributed by atoms with E-state index < -0.39 is 0 Å². The smallest absolute Gasteiger partial charge is 0.222 e. The van der Waals surface area contributed by atoms with Crippen LogP contribution in [0.3, 0.4) is 0 Å². The van der Waals surface area contributed by atoms with Crippen LogP contribution < -0.4 is 4.90 Å². The van der Waals surface area contributed by atoms with Crippen molar-refractivity contribution in [2.45, 2.75) is 19.3 Å². The summed E-state index contributed by atoms with van der Waals surface area (Å²) in [6, 6.07) is 20.9. The van der Waals surface area contributed by atoms with Crippen molar-refractivity contribution in [1.29, 1.82) is 0 Å². The average Bonchev–Trinajstić information content (AvgIpc) is 3.23. The van der Waals surface area contributed by atoms with Crippen molar-refractivity contribution in [2.75, 3.05) is 31.1 Å². The molecule has 5 nitrogen and oxygen atoms in total. The van der Waals surface area contributed by atoms with E-state index in [1.165, 1.54) is 11.8 Å². The molecule has 0 unspecified atom stereocenters. The van der Waals surface area contributed by atoms with Gasteiger partial charge in [-0.15, -0.1) is 0 Å². The lowest BCUT2D eigenvalue weighted by atomic mass is 10.0. The quantitative estimate of drug-likeness (QED) is 0.455. The van der Waals surface area contributed by atoms with Crippen LogP contribution in [0.15, 0.2) is 72.9 Å². The van der Waals surface area contributed by atoms with Gasteiger partial charge in [0.1, 0.15) is 5.82 Å². The molecule has 4 aromatic rings. The van der Waals surface area contributed by atoms with Crippen molar-refractivity contribution in [3.63, 3.8) is 0 Å². The van der Waals surface area contributed by atoms with Crippen molar-refractivity contribution < 1.29 is 9.18 Å². The van der Waals surface area contributed by atoms with Gasteiger partial charge in [0.15, 0.2) is 0 Å². The van der Waals surface area contributed by atoms with Crippen LogP contribution in [0, 0.1) is 5.82 Å². The van der Waals surface area contributed by atoms with Crippen LogP contribution in [0.25, 0.3) is 22.3 Å². The molecule has 1 fully saturated rings. The molecule has 3 heterocycles. The third kappa shape index (κ3) is 4.60. The summed E-state index contributed by atoms with van der Waals surface area (Å²) in [5, 5.41) is 0.861. The molecule has 6 heteroatoms. The average molecular weight is 443 g/mol. The Morgan fingerprint density at radius 2 is 1.76 bits per heavy atom. The Kier molecular flexibility index (Phi) is 6.07.